The van der Waals surface area contributed by atoms with Gasteiger partial charge in [-0.05, 0) is 53.3 Å². The minimum absolute atomic E-state index is 0.0587. The number of alkyl halides is 2. The molecule has 2 heterocycles. The molecule has 0 unspecified atom stereocenters. The fourth-order valence-electron chi connectivity index (χ4n) is 5.47. The highest BCUT2D eigenvalue weighted by atomic mass is 35.5. The average Bonchev–Trinajstić information content (AvgIpc) is 2.82. The van der Waals surface area contributed by atoms with Gasteiger partial charge in [0.2, 0.25) is 0 Å². The molecule has 0 saturated heterocycles. The minimum Gasteiger partial charge on any atom is -0.369 e. The second-order valence-corrected chi connectivity index (χ2v) is 10.7. The van der Waals surface area contributed by atoms with Gasteiger partial charge in [0, 0.05) is 71.4 Å². The summed E-state index contributed by atoms with van der Waals surface area (Å²) in [6, 6.07) is 16.8. The average molecular weight is 494 g/mol. The lowest BCUT2D eigenvalue weighted by atomic mass is 9.68. The van der Waals surface area contributed by atoms with Crippen molar-refractivity contribution in [3.8, 4) is 0 Å². The summed E-state index contributed by atoms with van der Waals surface area (Å²) in [7, 11) is 0. The van der Waals surface area contributed by atoms with E-state index in [4.69, 9.17) is 23.2 Å². The van der Waals surface area contributed by atoms with Crippen molar-refractivity contribution in [2.75, 3.05) is 35.1 Å². The largest absolute Gasteiger partial charge is 0.369 e. The Hall–Kier alpha value is -2.56. The van der Waals surface area contributed by atoms with Crippen molar-refractivity contribution in [1.29, 1.82) is 0 Å². The van der Waals surface area contributed by atoms with Crippen LogP contribution in [0.5, 0.6) is 0 Å². The molecule has 0 spiro atoms. The van der Waals surface area contributed by atoms with E-state index < -0.39 is 0 Å². The number of ketones is 1. The van der Waals surface area contributed by atoms with Crippen LogP contribution in [0.2, 0.25) is 0 Å². The maximum absolute atomic E-state index is 13.6. The number of nitrogens with one attached hydrogen (secondary N) is 1. The lowest BCUT2D eigenvalue weighted by molar-refractivity contribution is -0.118. The fourth-order valence-corrected chi connectivity index (χ4v) is 5.88. The Morgan fingerprint density at radius 2 is 1.76 bits per heavy atom. The van der Waals surface area contributed by atoms with Crippen molar-refractivity contribution in [2.45, 2.75) is 32.6 Å². The Balaban J connectivity index is 1.67. The number of anilines is 2. The molecule has 1 aromatic heterocycles. The predicted molar refractivity (Wildman–Crippen MR) is 142 cm³/mol. The third-order valence-corrected chi connectivity index (χ3v) is 7.25. The first-order valence-electron chi connectivity index (χ1n) is 11.8. The van der Waals surface area contributed by atoms with Crippen LogP contribution in [-0.4, -0.2) is 35.6 Å². The molecule has 0 radical (unpaired) electrons. The quantitative estimate of drug-likeness (QED) is 0.387. The smallest absolute Gasteiger partial charge is 0.162 e. The highest BCUT2D eigenvalue weighted by Crippen LogP contribution is 2.50. The van der Waals surface area contributed by atoms with Crippen LogP contribution in [-0.2, 0) is 4.79 Å². The van der Waals surface area contributed by atoms with Crippen molar-refractivity contribution < 1.29 is 4.79 Å². The molecule has 4 nitrogen and oxygen atoms in total. The van der Waals surface area contributed by atoms with Gasteiger partial charge in [0.25, 0.3) is 0 Å². The summed E-state index contributed by atoms with van der Waals surface area (Å²) >= 11 is 12.0. The van der Waals surface area contributed by atoms with Gasteiger partial charge in [0.15, 0.2) is 5.78 Å². The zero-order valence-electron chi connectivity index (χ0n) is 19.6. The maximum atomic E-state index is 13.6. The van der Waals surface area contributed by atoms with Crippen LogP contribution in [0.15, 0.2) is 66.0 Å². The molecular formula is C28H29Cl2N3O. The van der Waals surface area contributed by atoms with E-state index in [-0.39, 0.29) is 17.1 Å². The number of carbonyl (C=O) groups excluding carboxylic acids is 1. The molecular weight excluding hydrogens is 465 g/mol. The van der Waals surface area contributed by atoms with Gasteiger partial charge in [-0.3, -0.25) is 9.78 Å². The molecule has 0 saturated carbocycles. The number of nitrogens with zero attached hydrogens (tertiary/aromatic N) is 2. The molecule has 34 heavy (non-hydrogen) atoms. The molecule has 2 aliphatic rings. The van der Waals surface area contributed by atoms with E-state index in [0.717, 1.165) is 64.2 Å². The first kappa shape index (κ1) is 23.2. The lowest BCUT2D eigenvalue weighted by Crippen LogP contribution is -2.34. The number of pyridine rings is 1. The molecule has 1 aliphatic heterocycles. The number of rotatable bonds is 6. The van der Waals surface area contributed by atoms with Crippen molar-refractivity contribution in [3.05, 3.63) is 77.1 Å². The van der Waals surface area contributed by atoms with Gasteiger partial charge < -0.3 is 10.2 Å². The molecule has 5 rings (SSSR count). The van der Waals surface area contributed by atoms with Gasteiger partial charge in [-0.1, -0.05) is 32.0 Å². The molecule has 1 N–H and O–H groups in total. The van der Waals surface area contributed by atoms with E-state index in [0.29, 0.717) is 18.2 Å². The fraction of sp³-hybridized carbons (Fsp3) is 0.357. The summed E-state index contributed by atoms with van der Waals surface area (Å²) in [5, 5.41) is 4.71. The Labute approximate surface area is 211 Å². The summed E-state index contributed by atoms with van der Waals surface area (Å²) in [6.45, 7) is 5.82. The number of Topliss-reactive ketones (excluding diaryl/α,β-unsaturated/α-hetero) is 1. The summed E-state index contributed by atoms with van der Waals surface area (Å²) < 4.78 is 0. The minimum atomic E-state index is -0.133. The Kier molecular flexibility index (Phi) is 6.30. The van der Waals surface area contributed by atoms with Crippen LogP contribution in [0.25, 0.3) is 10.9 Å². The molecule has 1 atom stereocenters. The second-order valence-electron chi connectivity index (χ2n) is 9.94. The normalized spacial score (nSPS) is 18.9. The van der Waals surface area contributed by atoms with Crippen molar-refractivity contribution in [3.63, 3.8) is 0 Å². The molecule has 0 bridgehead atoms. The summed E-state index contributed by atoms with van der Waals surface area (Å²) in [4.78, 5) is 20.3. The lowest BCUT2D eigenvalue weighted by Gasteiger charge is -2.40. The van der Waals surface area contributed by atoms with E-state index in [9.17, 15) is 4.79 Å². The number of aromatic nitrogens is 1. The number of hydrogen-bond donors (Lipinski definition) is 1. The molecule has 176 valence electrons. The van der Waals surface area contributed by atoms with Gasteiger partial charge in [0.05, 0.1) is 5.52 Å². The molecule has 3 aromatic rings. The van der Waals surface area contributed by atoms with Crippen molar-refractivity contribution >= 4 is 51.3 Å². The van der Waals surface area contributed by atoms with Gasteiger partial charge in [-0.2, -0.15) is 0 Å². The monoisotopic (exact) mass is 493 g/mol. The standard InChI is InChI=1S/C28H29Cl2N3O/c1-28(2)16-23-27(24(34)17-28)25(18-5-7-19(8-6-18)33(14-11-29)15-12-30)26-20-4-3-13-31-21(20)9-10-22(26)32-23/h3-10,13,25,32H,11-12,14-17H2,1-2H3/t25-/m0/s1. The summed E-state index contributed by atoms with van der Waals surface area (Å²) in [5.74, 6) is 1.18. The Morgan fingerprint density at radius 1 is 1.03 bits per heavy atom. The molecule has 1 aliphatic carbocycles. The van der Waals surface area contributed by atoms with E-state index in [1.54, 1.807) is 0 Å². The van der Waals surface area contributed by atoms with Crippen LogP contribution in [0.1, 0.15) is 43.7 Å². The van der Waals surface area contributed by atoms with Crippen LogP contribution in [0.4, 0.5) is 11.4 Å². The number of allylic oxidation sites excluding steroid dienone is 2. The van der Waals surface area contributed by atoms with Gasteiger partial charge in [0.1, 0.15) is 0 Å². The maximum Gasteiger partial charge on any atom is 0.162 e. The molecule has 0 amide bonds. The molecule has 0 fully saturated rings. The van der Waals surface area contributed by atoms with E-state index in [1.165, 1.54) is 0 Å². The van der Waals surface area contributed by atoms with Crippen molar-refractivity contribution in [2.24, 2.45) is 5.41 Å². The highest BCUT2D eigenvalue weighted by Gasteiger charge is 2.41. The van der Waals surface area contributed by atoms with Gasteiger partial charge in [-0.15, -0.1) is 23.2 Å². The topological polar surface area (TPSA) is 45.2 Å². The van der Waals surface area contributed by atoms with E-state index in [2.05, 4.69) is 71.5 Å². The van der Waals surface area contributed by atoms with Gasteiger partial charge >= 0.3 is 0 Å². The number of hydrogen-bond acceptors (Lipinski definition) is 4. The third kappa shape index (κ3) is 4.18. The van der Waals surface area contributed by atoms with Crippen LogP contribution in [0, 0.1) is 5.41 Å². The van der Waals surface area contributed by atoms with E-state index in [1.807, 2.05) is 12.3 Å². The van der Waals surface area contributed by atoms with Crippen molar-refractivity contribution in [1.82, 2.24) is 4.98 Å². The zero-order valence-corrected chi connectivity index (χ0v) is 21.1. The van der Waals surface area contributed by atoms with Crippen LogP contribution >= 0.6 is 23.2 Å². The number of halogens is 2. The number of fused-ring (bicyclic) bond motifs is 3. The SMILES string of the molecule is CC1(C)CC(=O)C2=C(C1)Nc1ccc3ncccc3c1[C@@H]2c1ccc(N(CCCl)CCCl)cc1. The van der Waals surface area contributed by atoms with Crippen LogP contribution < -0.4 is 10.2 Å². The predicted octanol–water partition coefficient (Wildman–Crippen LogP) is 6.72. The van der Waals surface area contributed by atoms with E-state index >= 15 is 0 Å². The van der Waals surface area contributed by atoms with Gasteiger partial charge in [-0.25, -0.2) is 0 Å². The molecule has 2 aromatic carbocycles. The second kappa shape index (κ2) is 9.24. The number of carbonyl (C=O) groups is 1. The Bertz CT molecular complexity index is 1260. The Morgan fingerprint density at radius 3 is 2.47 bits per heavy atom. The summed E-state index contributed by atoms with van der Waals surface area (Å²) in [5.41, 5.74) is 7.22. The highest BCUT2D eigenvalue weighted by molar-refractivity contribution is 6.18. The first-order chi connectivity index (χ1) is 16.4. The number of benzene rings is 2. The molecule has 6 heteroatoms. The summed E-state index contributed by atoms with van der Waals surface area (Å²) in [6.07, 6.45) is 3.22. The third-order valence-electron chi connectivity index (χ3n) is 6.91. The first-order valence-corrected chi connectivity index (χ1v) is 12.9. The van der Waals surface area contributed by atoms with Crippen LogP contribution in [0.3, 0.4) is 0 Å². The zero-order chi connectivity index (χ0) is 23.9.